The number of nitrogens with zero attached hydrogens (tertiary/aromatic N) is 2. The van der Waals surface area contributed by atoms with Gasteiger partial charge in [0.1, 0.15) is 0 Å². The van der Waals surface area contributed by atoms with E-state index in [0.29, 0.717) is 5.75 Å². The van der Waals surface area contributed by atoms with Crippen LogP contribution in [0.4, 0.5) is 5.69 Å². The maximum Gasteiger partial charge on any atom is 0.302 e. The molecule has 0 N–H and O–H groups in total. The lowest BCUT2D eigenvalue weighted by Crippen LogP contribution is -1.93. The molecule has 6 heteroatoms. The minimum absolute atomic E-state index is 0.113. The molecule has 0 radical (unpaired) electrons. The van der Waals surface area contributed by atoms with Crippen LogP contribution in [0, 0.1) is 22.5 Å². The summed E-state index contributed by atoms with van der Waals surface area (Å²) in [7, 11) is 0. The van der Waals surface area contributed by atoms with Crippen molar-refractivity contribution in [2.75, 3.05) is 5.75 Å². The van der Waals surface area contributed by atoms with Crippen LogP contribution in [0.15, 0.2) is 17.3 Å². The number of thioether (sulfide) groups is 1. The quantitative estimate of drug-likeness (QED) is 0.345. The van der Waals surface area contributed by atoms with Crippen molar-refractivity contribution in [3.05, 3.63) is 27.4 Å². The van der Waals surface area contributed by atoms with Crippen LogP contribution in [0.1, 0.15) is 0 Å². The fraction of sp³-hybridized carbons (Fsp3) is 0.125. The number of rotatable bonds is 3. The average Bonchev–Trinajstić information content (AvgIpc) is 2.15. The Balaban J connectivity index is 3.03. The molecule has 0 spiro atoms. The van der Waals surface area contributed by atoms with Crippen molar-refractivity contribution in [3.8, 4) is 12.3 Å². The molecule has 0 amide bonds. The van der Waals surface area contributed by atoms with Crippen molar-refractivity contribution in [1.82, 2.24) is 4.98 Å². The van der Waals surface area contributed by atoms with Crippen LogP contribution in [0.5, 0.6) is 0 Å². The molecule has 0 saturated carbocycles. The SMILES string of the molecule is C#CCSc1ncc(Cl)cc1[N+](=O)[O-]. The molecule has 0 unspecified atom stereocenters. The molecule has 1 heterocycles. The highest BCUT2D eigenvalue weighted by molar-refractivity contribution is 7.99. The Morgan fingerprint density at radius 2 is 2.50 bits per heavy atom. The fourth-order valence-electron chi connectivity index (χ4n) is 0.768. The molecule has 1 aromatic heterocycles. The van der Waals surface area contributed by atoms with Gasteiger partial charge in [0.05, 0.1) is 15.7 Å². The zero-order chi connectivity index (χ0) is 10.6. The Morgan fingerprint density at radius 3 is 3.07 bits per heavy atom. The van der Waals surface area contributed by atoms with Crippen LogP contribution in [-0.2, 0) is 0 Å². The molecule has 1 aromatic rings. The van der Waals surface area contributed by atoms with Crippen LogP contribution in [0.2, 0.25) is 5.02 Å². The third-order valence-electron chi connectivity index (χ3n) is 1.29. The smallest absolute Gasteiger partial charge is 0.258 e. The molecule has 4 nitrogen and oxygen atoms in total. The van der Waals surface area contributed by atoms with E-state index in [4.69, 9.17) is 18.0 Å². The molecule has 14 heavy (non-hydrogen) atoms. The van der Waals surface area contributed by atoms with Crippen molar-refractivity contribution in [1.29, 1.82) is 0 Å². The van der Waals surface area contributed by atoms with Crippen LogP contribution >= 0.6 is 23.4 Å². The van der Waals surface area contributed by atoms with E-state index >= 15 is 0 Å². The maximum atomic E-state index is 10.6. The number of hydrogen-bond acceptors (Lipinski definition) is 4. The Bertz CT molecular complexity index is 403. The van der Waals surface area contributed by atoms with E-state index in [2.05, 4.69) is 10.9 Å². The Hall–Kier alpha value is -1.25. The van der Waals surface area contributed by atoms with E-state index in [9.17, 15) is 10.1 Å². The molecular weight excluding hydrogens is 224 g/mol. The highest BCUT2D eigenvalue weighted by Gasteiger charge is 2.15. The topological polar surface area (TPSA) is 56.0 Å². The van der Waals surface area contributed by atoms with Gasteiger partial charge in [0.25, 0.3) is 0 Å². The lowest BCUT2D eigenvalue weighted by Gasteiger charge is -1.98. The third kappa shape index (κ3) is 2.62. The molecular formula is C8H5ClN2O2S. The Morgan fingerprint density at radius 1 is 1.79 bits per heavy atom. The summed E-state index contributed by atoms with van der Waals surface area (Å²) in [6, 6.07) is 1.26. The van der Waals surface area contributed by atoms with E-state index in [1.54, 1.807) is 0 Å². The first-order chi connectivity index (χ1) is 6.65. The molecule has 72 valence electrons. The van der Waals surface area contributed by atoms with Crippen molar-refractivity contribution in [2.24, 2.45) is 0 Å². The van der Waals surface area contributed by atoms with E-state index in [1.807, 2.05) is 0 Å². The van der Waals surface area contributed by atoms with Gasteiger partial charge in [0, 0.05) is 12.3 Å². The summed E-state index contributed by atoms with van der Waals surface area (Å²) in [5.41, 5.74) is -0.113. The largest absolute Gasteiger partial charge is 0.302 e. The average molecular weight is 229 g/mol. The second kappa shape index (κ2) is 4.84. The standard InChI is InChI=1S/C8H5ClN2O2S/c1-2-3-14-8-7(11(12)13)4-6(9)5-10-8/h1,4-5H,3H2. The molecule has 1 rings (SSSR count). The fourth-order valence-corrected chi connectivity index (χ4v) is 1.55. The minimum atomic E-state index is -0.530. The number of halogens is 1. The summed E-state index contributed by atoms with van der Waals surface area (Å²) in [6.07, 6.45) is 6.39. The second-order valence-corrected chi connectivity index (χ2v) is 3.63. The predicted molar refractivity (Wildman–Crippen MR) is 55.5 cm³/mol. The normalized spacial score (nSPS) is 9.43. The van der Waals surface area contributed by atoms with Crippen LogP contribution in [0.25, 0.3) is 0 Å². The Kier molecular flexibility index (Phi) is 3.74. The number of aromatic nitrogens is 1. The summed E-state index contributed by atoms with van der Waals surface area (Å²) in [6.45, 7) is 0. The van der Waals surface area contributed by atoms with Crippen molar-refractivity contribution < 1.29 is 4.92 Å². The van der Waals surface area contributed by atoms with Gasteiger partial charge in [-0.1, -0.05) is 29.3 Å². The second-order valence-electron chi connectivity index (χ2n) is 2.23. The van der Waals surface area contributed by atoms with Gasteiger partial charge in [-0.25, -0.2) is 4.98 Å². The van der Waals surface area contributed by atoms with E-state index in [-0.39, 0.29) is 15.7 Å². The summed E-state index contributed by atoms with van der Waals surface area (Å²) in [5.74, 6) is 2.71. The highest BCUT2D eigenvalue weighted by Crippen LogP contribution is 2.28. The highest BCUT2D eigenvalue weighted by atomic mass is 35.5. The van der Waals surface area contributed by atoms with Gasteiger partial charge in [-0.05, 0) is 0 Å². The van der Waals surface area contributed by atoms with Gasteiger partial charge in [0.15, 0.2) is 5.03 Å². The number of nitro groups is 1. The van der Waals surface area contributed by atoms with Gasteiger partial charge in [-0.2, -0.15) is 0 Å². The van der Waals surface area contributed by atoms with Crippen LogP contribution < -0.4 is 0 Å². The molecule has 0 aromatic carbocycles. The zero-order valence-electron chi connectivity index (χ0n) is 6.94. The van der Waals surface area contributed by atoms with Gasteiger partial charge < -0.3 is 0 Å². The molecule has 0 atom stereocenters. The predicted octanol–water partition coefficient (Wildman–Crippen LogP) is 2.37. The Labute approximate surface area is 89.8 Å². The summed E-state index contributed by atoms with van der Waals surface area (Å²) >= 11 is 6.71. The lowest BCUT2D eigenvalue weighted by atomic mass is 10.4. The monoisotopic (exact) mass is 228 g/mol. The van der Waals surface area contributed by atoms with Crippen LogP contribution in [0.3, 0.4) is 0 Å². The first-order valence-corrected chi connectivity index (χ1v) is 4.87. The molecule has 0 aliphatic carbocycles. The summed E-state index contributed by atoms with van der Waals surface area (Å²) < 4.78 is 0. The van der Waals surface area contributed by atoms with E-state index < -0.39 is 4.92 Å². The van der Waals surface area contributed by atoms with Gasteiger partial charge in [-0.15, -0.1) is 6.42 Å². The van der Waals surface area contributed by atoms with E-state index in [0.717, 1.165) is 11.8 Å². The first kappa shape index (κ1) is 10.8. The van der Waals surface area contributed by atoms with Crippen molar-refractivity contribution in [3.63, 3.8) is 0 Å². The molecule has 0 fully saturated rings. The third-order valence-corrected chi connectivity index (χ3v) is 2.39. The number of pyridine rings is 1. The van der Waals surface area contributed by atoms with Gasteiger partial charge in [-0.3, -0.25) is 10.1 Å². The van der Waals surface area contributed by atoms with Crippen LogP contribution in [-0.4, -0.2) is 15.7 Å². The number of terminal acetylenes is 1. The van der Waals surface area contributed by atoms with Gasteiger partial charge >= 0.3 is 5.69 Å². The van der Waals surface area contributed by atoms with Crippen molar-refractivity contribution in [2.45, 2.75) is 5.03 Å². The number of hydrogen-bond donors (Lipinski definition) is 0. The van der Waals surface area contributed by atoms with Crippen molar-refractivity contribution >= 4 is 29.1 Å². The first-order valence-electron chi connectivity index (χ1n) is 3.51. The maximum absolute atomic E-state index is 10.6. The molecule has 0 aliphatic rings. The zero-order valence-corrected chi connectivity index (χ0v) is 8.51. The summed E-state index contributed by atoms with van der Waals surface area (Å²) in [4.78, 5) is 13.9. The van der Waals surface area contributed by atoms with E-state index in [1.165, 1.54) is 12.3 Å². The lowest BCUT2D eigenvalue weighted by molar-refractivity contribution is -0.388. The van der Waals surface area contributed by atoms with Gasteiger partial charge in [0.2, 0.25) is 0 Å². The molecule has 0 aliphatic heterocycles. The minimum Gasteiger partial charge on any atom is -0.258 e. The summed E-state index contributed by atoms with van der Waals surface area (Å²) in [5, 5.41) is 11.1. The molecule has 0 bridgehead atoms. The molecule has 0 saturated heterocycles.